The zero-order valence-corrected chi connectivity index (χ0v) is 16.4. The molecule has 146 valence electrons. The van der Waals surface area contributed by atoms with E-state index in [0.29, 0.717) is 22.7 Å². The second-order valence-electron chi connectivity index (χ2n) is 7.94. The Morgan fingerprint density at radius 2 is 1.83 bits per heavy atom. The van der Waals surface area contributed by atoms with Crippen LogP contribution in [0, 0.1) is 5.92 Å². The quantitative estimate of drug-likeness (QED) is 0.321. The van der Waals surface area contributed by atoms with E-state index in [-0.39, 0.29) is 5.97 Å². The summed E-state index contributed by atoms with van der Waals surface area (Å²) in [6, 6.07) is 17.6. The molecule has 4 heteroatoms. The highest BCUT2D eigenvalue weighted by atomic mass is 16.5. The van der Waals surface area contributed by atoms with Gasteiger partial charge in [0.25, 0.3) is 0 Å². The first-order valence-corrected chi connectivity index (χ1v) is 10.4. The lowest BCUT2D eigenvalue weighted by atomic mass is 9.89. The van der Waals surface area contributed by atoms with Gasteiger partial charge < -0.3 is 9.30 Å². The van der Waals surface area contributed by atoms with Crippen molar-refractivity contribution < 1.29 is 9.53 Å². The number of hydrogen-bond acceptors (Lipinski definition) is 3. The van der Waals surface area contributed by atoms with Crippen molar-refractivity contribution in [3.8, 4) is 5.75 Å². The number of nitrogens with zero attached hydrogens (tertiary/aromatic N) is 2. The Bertz CT molecular complexity index is 1170. The first kappa shape index (κ1) is 17.9. The molecule has 0 radical (unpaired) electrons. The van der Waals surface area contributed by atoms with Gasteiger partial charge in [-0.15, -0.1) is 0 Å². The third-order valence-corrected chi connectivity index (χ3v) is 5.99. The monoisotopic (exact) mass is 384 g/mol. The maximum absolute atomic E-state index is 13.1. The Morgan fingerprint density at radius 3 is 2.72 bits per heavy atom. The van der Waals surface area contributed by atoms with Gasteiger partial charge >= 0.3 is 5.97 Å². The van der Waals surface area contributed by atoms with Crippen LogP contribution >= 0.6 is 0 Å². The van der Waals surface area contributed by atoms with E-state index in [0.717, 1.165) is 22.8 Å². The number of ether oxygens (including phenoxy) is 1. The van der Waals surface area contributed by atoms with Crippen molar-refractivity contribution in [1.82, 2.24) is 9.55 Å². The van der Waals surface area contributed by atoms with Gasteiger partial charge in [-0.25, -0.2) is 4.79 Å². The maximum Gasteiger partial charge on any atom is 0.345 e. The van der Waals surface area contributed by atoms with E-state index in [2.05, 4.69) is 15.6 Å². The van der Waals surface area contributed by atoms with Crippen LogP contribution in [0.2, 0.25) is 0 Å². The van der Waals surface area contributed by atoms with Crippen molar-refractivity contribution in [3.05, 3.63) is 72.6 Å². The number of aromatic nitrogens is 2. The molecule has 0 N–H and O–H groups in total. The molecule has 4 nitrogen and oxygen atoms in total. The molecule has 0 aliphatic heterocycles. The van der Waals surface area contributed by atoms with E-state index in [1.165, 1.54) is 32.1 Å². The van der Waals surface area contributed by atoms with Crippen LogP contribution in [0.5, 0.6) is 5.75 Å². The Kier molecular flexibility index (Phi) is 4.76. The van der Waals surface area contributed by atoms with Crippen LogP contribution in [0.15, 0.2) is 67.0 Å². The minimum absolute atomic E-state index is 0.332. The Morgan fingerprint density at radius 1 is 1.00 bits per heavy atom. The molecular formula is C25H24N2O2. The Balaban J connectivity index is 1.48. The number of carbonyl (C=O) groups excluding carboxylic acids is 1. The molecule has 1 aliphatic carbocycles. The molecule has 2 aromatic carbocycles. The standard InChI is InChI=1S/C25H24N2O2/c28-25(29-23-14-6-10-19-11-7-15-26-24(19)23)21-17-27(16-18-8-2-1-3-9-18)22-13-5-4-12-20(21)22/h4-7,10-15,17-18H,1-3,8-9,16H2. The van der Waals surface area contributed by atoms with Gasteiger partial charge in [-0.1, -0.05) is 55.7 Å². The average molecular weight is 384 g/mol. The molecule has 0 spiro atoms. The molecule has 0 bridgehead atoms. The third kappa shape index (κ3) is 3.51. The van der Waals surface area contributed by atoms with Crippen molar-refractivity contribution >= 4 is 27.8 Å². The van der Waals surface area contributed by atoms with Crippen molar-refractivity contribution in [2.75, 3.05) is 0 Å². The van der Waals surface area contributed by atoms with Gasteiger partial charge in [-0.05, 0) is 37.0 Å². The smallest absolute Gasteiger partial charge is 0.345 e. The molecule has 2 heterocycles. The molecule has 5 rings (SSSR count). The Labute approximate surface area is 170 Å². The van der Waals surface area contributed by atoms with Gasteiger partial charge in [-0.2, -0.15) is 0 Å². The number of hydrogen-bond donors (Lipinski definition) is 0. The van der Waals surface area contributed by atoms with Gasteiger partial charge in [0.15, 0.2) is 5.75 Å². The largest absolute Gasteiger partial charge is 0.421 e. The molecular weight excluding hydrogens is 360 g/mol. The summed E-state index contributed by atoms with van der Waals surface area (Å²) in [7, 11) is 0. The molecule has 0 amide bonds. The van der Waals surface area contributed by atoms with Crippen LogP contribution in [0.1, 0.15) is 42.5 Å². The van der Waals surface area contributed by atoms with Gasteiger partial charge in [-0.3, -0.25) is 4.98 Å². The maximum atomic E-state index is 13.1. The van der Waals surface area contributed by atoms with E-state index in [4.69, 9.17) is 4.74 Å². The predicted octanol–water partition coefficient (Wildman–Crippen LogP) is 5.99. The third-order valence-electron chi connectivity index (χ3n) is 5.99. The number of esters is 1. The normalized spacial score (nSPS) is 15.0. The lowest BCUT2D eigenvalue weighted by Crippen LogP contribution is -2.13. The van der Waals surface area contributed by atoms with Gasteiger partial charge in [0.2, 0.25) is 0 Å². The summed E-state index contributed by atoms with van der Waals surface area (Å²) < 4.78 is 8.05. The fraction of sp³-hybridized carbons (Fsp3) is 0.280. The predicted molar refractivity (Wildman–Crippen MR) is 115 cm³/mol. The summed E-state index contributed by atoms with van der Waals surface area (Å²) in [4.78, 5) is 17.5. The summed E-state index contributed by atoms with van der Waals surface area (Å²) in [5.74, 6) is 0.852. The van der Waals surface area contributed by atoms with Crippen LogP contribution in [-0.4, -0.2) is 15.5 Å². The SMILES string of the molecule is O=C(Oc1cccc2cccnc12)c1cn(CC2CCCCC2)c2ccccc12. The number of benzene rings is 2. The highest BCUT2D eigenvalue weighted by molar-refractivity contribution is 6.05. The summed E-state index contributed by atoms with van der Waals surface area (Å²) >= 11 is 0. The molecule has 1 aliphatic rings. The van der Waals surface area contributed by atoms with E-state index in [9.17, 15) is 4.79 Å². The van der Waals surface area contributed by atoms with Crippen molar-refractivity contribution in [2.24, 2.45) is 5.92 Å². The molecule has 0 atom stereocenters. The lowest BCUT2D eigenvalue weighted by Gasteiger charge is -2.22. The van der Waals surface area contributed by atoms with Crippen LogP contribution in [0.3, 0.4) is 0 Å². The minimum atomic E-state index is -0.332. The number of fused-ring (bicyclic) bond motifs is 2. The van der Waals surface area contributed by atoms with Crippen molar-refractivity contribution in [2.45, 2.75) is 38.6 Å². The van der Waals surface area contributed by atoms with E-state index < -0.39 is 0 Å². The van der Waals surface area contributed by atoms with E-state index in [1.807, 2.05) is 48.7 Å². The summed E-state index contributed by atoms with van der Waals surface area (Å²) in [5, 5.41) is 1.90. The summed E-state index contributed by atoms with van der Waals surface area (Å²) in [5.41, 5.74) is 2.42. The number of carbonyl (C=O) groups is 1. The highest BCUT2D eigenvalue weighted by Crippen LogP contribution is 2.30. The Hall–Kier alpha value is -3.14. The van der Waals surface area contributed by atoms with Crippen LogP contribution < -0.4 is 4.74 Å². The van der Waals surface area contributed by atoms with E-state index >= 15 is 0 Å². The second-order valence-corrected chi connectivity index (χ2v) is 7.94. The zero-order valence-electron chi connectivity index (χ0n) is 16.4. The summed E-state index contributed by atoms with van der Waals surface area (Å²) in [6.45, 7) is 0.962. The molecule has 1 saturated carbocycles. The fourth-order valence-electron chi connectivity index (χ4n) is 4.52. The average Bonchev–Trinajstić information content (AvgIpc) is 3.13. The first-order valence-electron chi connectivity index (χ1n) is 10.4. The molecule has 4 aromatic rings. The molecule has 1 fully saturated rings. The van der Waals surface area contributed by atoms with Crippen molar-refractivity contribution in [1.29, 1.82) is 0 Å². The van der Waals surface area contributed by atoms with Gasteiger partial charge in [0.1, 0.15) is 5.52 Å². The highest BCUT2D eigenvalue weighted by Gasteiger charge is 2.20. The zero-order chi connectivity index (χ0) is 19.6. The van der Waals surface area contributed by atoms with E-state index in [1.54, 1.807) is 12.3 Å². The fourth-order valence-corrected chi connectivity index (χ4v) is 4.52. The van der Waals surface area contributed by atoms with Gasteiger partial charge in [0.05, 0.1) is 5.56 Å². The van der Waals surface area contributed by atoms with Crippen LogP contribution in [-0.2, 0) is 6.54 Å². The van der Waals surface area contributed by atoms with Gasteiger partial charge in [0, 0.05) is 35.2 Å². The topological polar surface area (TPSA) is 44.1 Å². The number of rotatable bonds is 4. The molecule has 29 heavy (non-hydrogen) atoms. The summed E-state index contributed by atoms with van der Waals surface area (Å²) in [6.07, 6.45) is 10.2. The van der Waals surface area contributed by atoms with Crippen molar-refractivity contribution in [3.63, 3.8) is 0 Å². The van der Waals surface area contributed by atoms with Crippen LogP contribution in [0.4, 0.5) is 0 Å². The molecule has 0 saturated heterocycles. The second kappa shape index (κ2) is 7.70. The minimum Gasteiger partial charge on any atom is -0.421 e. The number of para-hydroxylation sites is 2. The molecule has 2 aromatic heterocycles. The lowest BCUT2D eigenvalue weighted by molar-refractivity contribution is 0.0738. The van der Waals surface area contributed by atoms with Crippen LogP contribution in [0.25, 0.3) is 21.8 Å². The molecule has 0 unspecified atom stereocenters. The number of pyridine rings is 1. The first-order chi connectivity index (χ1) is 14.3.